The molecule has 4 aromatic rings. The van der Waals surface area contributed by atoms with E-state index in [9.17, 15) is 4.79 Å². The number of carbonyl (C=O) groups excluding carboxylic acids is 1. The van der Waals surface area contributed by atoms with Gasteiger partial charge in [-0.3, -0.25) is 9.69 Å². The first-order valence-electron chi connectivity index (χ1n) is 9.72. The molecular weight excluding hydrogens is 436 g/mol. The lowest BCUT2D eigenvalue weighted by Gasteiger charge is -2.20. The Morgan fingerprint density at radius 3 is 2.71 bits per heavy atom. The molecule has 4 rings (SSSR count). The van der Waals surface area contributed by atoms with Crippen LogP contribution < -0.4 is 14.4 Å². The fraction of sp³-hybridized carbons (Fsp3) is 0.227. The van der Waals surface area contributed by atoms with Gasteiger partial charge in [-0.25, -0.2) is 9.97 Å². The van der Waals surface area contributed by atoms with Crippen LogP contribution in [0.4, 0.5) is 5.13 Å². The van der Waals surface area contributed by atoms with Crippen molar-refractivity contribution in [2.24, 2.45) is 0 Å². The van der Waals surface area contributed by atoms with Gasteiger partial charge >= 0.3 is 0 Å². The largest absolute Gasteiger partial charge is 0.497 e. The highest BCUT2D eigenvalue weighted by molar-refractivity contribution is 7.22. The molecule has 0 unspecified atom stereocenters. The number of hydrogen-bond donors (Lipinski definition) is 0. The van der Waals surface area contributed by atoms with E-state index in [1.807, 2.05) is 22.9 Å². The van der Waals surface area contributed by atoms with Crippen LogP contribution in [0.25, 0.3) is 10.2 Å². The molecule has 0 saturated heterocycles. The number of hydrogen-bond acceptors (Lipinski definition) is 6. The number of imidazole rings is 1. The number of aromatic nitrogens is 3. The number of rotatable bonds is 9. The number of benzene rings is 2. The molecule has 0 radical (unpaired) electrons. The number of carbonyl (C=O) groups is 1. The number of aryl methyl sites for hydroxylation is 1. The van der Waals surface area contributed by atoms with E-state index >= 15 is 0 Å². The smallest absolute Gasteiger partial charge is 0.266 e. The normalized spacial score (nSPS) is 10.9. The van der Waals surface area contributed by atoms with E-state index in [1.165, 1.54) is 11.3 Å². The Bertz CT molecular complexity index is 1150. The third kappa shape index (κ3) is 5.15. The fourth-order valence-corrected chi connectivity index (χ4v) is 4.38. The Hall–Kier alpha value is -3.10. The molecule has 0 aliphatic carbocycles. The molecule has 0 saturated carbocycles. The molecule has 0 fully saturated rings. The zero-order chi connectivity index (χ0) is 21.6. The summed E-state index contributed by atoms with van der Waals surface area (Å²) in [5, 5.41) is 1.18. The van der Waals surface area contributed by atoms with Crippen molar-refractivity contribution in [2.45, 2.75) is 13.0 Å². The summed E-state index contributed by atoms with van der Waals surface area (Å²) in [4.78, 5) is 23.4. The highest BCUT2D eigenvalue weighted by Crippen LogP contribution is 2.33. The van der Waals surface area contributed by atoms with Crippen molar-refractivity contribution in [3.8, 4) is 11.5 Å². The first-order valence-corrected chi connectivity index (χ1v) is 10.9. The fourth-order valence-electron chi connectivity index (χ4n) is 3.07. The van der Waals surface area contributed by atoms with Gasteiger partial charge in [-0.15, -0.1) is 0 Å². The highest BCUT2D eigenvalue weighted by Gasteiger charge is 2.21. The Morgan fingerprint density at radius 2 is 2.00 bits per heavy atom. The van der Waals surface area contributed by atoms with Gasteiger partial charge in [0.25, 0.3) is 5.91 Å². The van der Waals surface area contributed by atoms with Crippen molar-refractivity contribution in [3.63, 3.8) is 0 Å². The minimum Gasteiger partial charge on any atom is -0.497 e. The topological polar surface area (TPSA) is 69.5 Å². The van der Waals surface area contributed by atoms with Crippen molar-refractivity contribution >= 4 is 44.2 Å². The van der Waals surface area contributed by atoms with E-state index in [4.69, 9.17) is 21.1 Å². The Kier molecular flexibility index (Phi) is 6.69. The van der Waals surface area contributed by atoms with Gasteiger partial charge in [0, 0.05) is 25.5 Å². The van der Waals surface area contributed by atoms with Crippen LogP contribution in [0.1, 0.15) is 6.42 Å². The van der Waals surface area contributed by atoms with Crippen LogP contribution in [0.5, 0.6) is 11.5 Å². The van der Waals surface area contributed by atoms with Gasteiger partial charge < -0.3 is 14.0 Å². The molecule has 31 heavy (non-hydrogen) atoms. The summed E-state index contributed by atoms with van der Waals surface area (Å²) in [5.41, 5.74) is 0.702. The molecule has 0 aliphatic heterocycles. The quantitative estimate of drug-likeness (QED) is 0.366. The van der Waals surface area contributed by atoms with Crippen molar-refractivity contribution in [2.75, 3.05) is 25.2 Å². The van der Waals surface area contributed by atoms with E-state index in [2.05, 4.69) is 9.97 Å². The third-order valence-corrected chi connectivity index (χ3v) is 6.02. The van der Waals surface area contributed by atoms with Gasteiger partial charge in [0.15, 0.2) is 11.7 Å². The zero-order valence-corrected chi connectivity index (χ0v) is 18.5. The second kappa shape index (κ2) is 9.80. The molecule has 2 aromatic carbocycles. The maximum absolute atomic E-state index is 13.1. The van der Waals surface area contributed by atoms with Gasteiger partial charge in [-0.1, -0.05) is 29.0 Å². The Labute approximate surface area is 188 Å². The van der Waals surface area contributed by atoms with E-state index in [0.29, 0.717) is 28.0 Å². The zero-order valence-electron chi connectivity index (χ0n) is 16.9. The standard InChI is InChI=1S/C22H21ClN4O3S/c1-29-16-6-8-17(9-7-16)30-14-20(28)27(12-3-11-26-13-10-24-15-26)22-25-21-18(23)4-2-5-19(21)31-22/h2,4-10,13,15H,3,11-12,14H2,1H3. The molecule has 0 atom stereocenters. The maximum atomic E-state index is 13.1. The highest BCUT2D eigenvalue weighted by atomic mass is 35.5. The minimum atomic E-state index is -0.170. The molecule has 1 amide bonds. The van der Waals surface area contributed by atoms with E-state index < -0.39 is 0 Å². The summed E-state index contributed by atoms with van der Waals surface area (Å²) in [5.74, 6) is 1.16. The lowest BCUT2D eigenvalue weighted by molar-refractivity contribution is -0.120. The number of anilines is 1. The second-order valence-corrected chi connectivity index (χ2v) is 8.16. The molecule has 160 valence electrons. The lowest BCUT2D eigenvalue weighted by atomic mass is 10.3. The van der Waals surface area contributed by atoms with Gasteiger partial charge in [-0.05, 0) is 42.8 Å². The van der Waals surface area contributed by atoms with Gasteiger partial charge in [-0.2, -0.15) is 0 Å². The van der Waals surface area contributed by atoms with Crippen molar-refractivity contribution in [1.29, 1.82) is 0 Å². The SMILES string of the molecule is COc1ccc(OCC(=O)N(CCCn2ccnc2)c2nc3c(Cl)cccc3s2)cc1. The Morgan fingerprint density at radius 1 is 1.19 bits per heavy atom. The summed E-state index contributed by atoms with van der Waals surface area (Å²) in [6, 6.07) is 12.7. The van der Waals surface area contributed by atoms with Crippen LogP contribution in [0.15, 0.2) is 61.2 Å². The number of nitrogens with zero attached hydrogens (tertiary/aromatic N) is 4. The lowest BCUT2D eigenvalue weighted by Crippen LogP contribution is -2.36. The van der Waals surface area contributed by atoms with Crippen molar-refractivity contribution in [1.82, 2.24) is 14.5 Å². The molecule has 0 bridgehead atoms. The molecule has 2 heterocycles. The molecule has 0 N–H and O–H groups in total. The van der Waals surface area contributed by atoms with Crippen LogP contribution in [0, 0.1) is 0 Å². The average Bonchev–Trinajstić information content (AvgIpc) is 3.46. The predicted molar refractivity (Wildman–Crippen MR) is 122 cm³/mol. The third-order valence-electron chi connectivity index (χ3n) is 4.67. The molecular formula is C22H21ClN4O3S. The van der Waals surface area contributed by atoms with Gasteiger partial charge in [0.2, 0.25) is 0 Å². The summed E-state index contributed by atoms with van der Waals surface area (Å²) < 4.78 is 13.8. The van der Waals surface area contributed by atoms with E-state index in [0.717, 1.165) is 23.4 Å². The Balaban J connectivity index is 1.49. The van der Waals surface area contributed by atoms with Crippen LogP contribution in [-0.2, 0) is 11.3 Å². The number of amides is 1. The van der Waals surface area contributed by atoms with Crippen LogP contribution in [-0.4, -0.2) is 40.7 Å². The number of para-hydroxylation sites is 1. The summed E-state index contributed by atoms with van der Waals surface area (Å²) >= 11 is 7.73. The predicted octanol–water partition coefficient (Wildman–Crippen LogP) is 4.66. The van der Waals surface area contributed by atoms with E-state index in [-0.39, 0.29) is 12.5 Å². The molecule has 9 heteroatoms. The van der Waals surface area contributed by atoms with Gasteiger partial charge in [0.05, 0.1) is 23.2 Å². The number of halogens is 1. The molecule has 7 nitrogen and oxygen atoms in total. The molecule has 2 aromatic heterocycles. The van der Waals surface area contributed by atoms with Gasteiger partial charge in [0.1, 0.15) is 17.0 Å². The first-order chi connectivity index (χ1) is 15.1. The van der Waals surface area contributed by atoms with Crippen LogP contribution in [0.3, 0.4) is 0 Å². The monoisotopic (exact) mass is 456 g/mol. The average molecular weight is 457 g/mol. The molecule has 0 spiro atoms. The second-order valence-electron chi connectivity index (χ2n) is 6.75. The summed E-state index contributed by atoms with van der Waals surface area (Å²) in [7, 11) is 1.60. The molecule has 0 aliphatic rings. The first kappa shape index (κ1) is 21.1. The number of methoxy groups -OCH3 is 1. The van der Waals surface area contributed by atoms with Crippen molar-refractivity contribution in [3.05, 3.63) is 66.2 Å². The minimum absolute atomic E-state index is 0.0962. The van der Waals surface area contributed by atoms with E-state index in [1.54, 1.807) is 54.9 Å². The van der Waals surface area contributed by atoms with Crippen LogP contribution in [0.2, 0.25) is 5.02 Å². The number of thiazole rings is 1. The van der Waals surface area contributed by atoms with Crippen molar-refractivity contribution < 1.29 is 14.3 Å². The number of fused-ring (bicyclic) bond motifs is 1. The van der Waals surface area contributed by atoms with Crippen LogP contribution >= 0.6 is 22.9 Å². The maximum Gasteiger partial charge on any atom is 0.266 e. The summed E-state index contributed by atoms with van der Waals surface area (Å²) in [6.45, 7) is 1.15. The summed E-state index contributed by atoms with van der Waals surface area (Å²) in [6.07, 6.45) is 6.14. The number of ether oxygens (including phenoxy) is 2.